The van der Waals surface area contributed by atoms with Crippen molar-refractivity contribution in [2.75, 3.05) is 0 Å². The lowest BCUT2D eigenvalue weighted by Crippen LogP contribution is -2.23. The van der Waals surface area contributed by atoms with E-state index in [0.29, 0.717) is 17.2 Å². The van der Waals surface area contributed by atoms with Crippen molar-refractivity contribution in [2.24, 2.45) is 0 Å². The van der Waals surface area contributed by atoms with Crippen LogP contribution in [0.5, 0.6) is 5.75 Å². The maximum atomic E-state index is 13.9. The average molecular weight is 600 g/mol. The van der Waals surface area contributed by atoms with Gasteiger partial charge in [0.2, 0.25) is 0 Å². The number of imidazole rings is 1. The molecule has 4 rings (SSSR count). The zero-order valence-corrected chi connectivity index (χ0v) is 21.3. The summed E-state index contributed by atoms with van der Waals surface area (Å²) in [5.74, 6) is -3.14. The van der Waals surface area contributed by atoms with Crippen LogP contribution in [-0.2, 0) is 11.4 Å². The van der Waals surface area contributed by atoms with Gasteiger partial charge in [-0.1, -0.05) is 12.1 Å². The van der Waals surface area contributed by atoms with Crippen molar-refractivity contribution in [3.05, 3.63) is 98.1 Å². The summed E-state index contributed by atoms with van der Waals surface area (Å²) in [6.45, 7) is 3.57. The molecule has 0 fully saturated rings. The number of nitrogens with one attached hydrogen (secondary N) is 1. The van der Waals surface area contributed by atoms with E-state index in [1.807, 2.05) is 25.1 Å². The topological polar surface area (TPSA) is 97.2 Å². The fourth-order valence-electron chi connectivity index (χ4n) is 3.30. The normalized spacial score (nSPS) is 11.1. The summed E-state index contributed by atoms with van der Waals surface area (Å²) in [4.78, 5) is 29.4. The van der Waals surface area contributed by atoms with E-state index in [1.54, 1.807) is 30.0 Å². The second-order valence-corrected chi connectivity index (χ2v) is 8.66. The van der Waals surface area contributed by atoms with Crippen molar-refractivity contribution in [3.63, 3.8) is 0 Å². The Hall–Kier alpha value is -4.00. The van der Waals surface area contributed by atoms with Crippen molar-refractivity contribution in [2.45, 2.75) is 26.6 Å². The van der Waals surface area contributed by atoms with Gasteiger partial charge in [-0.3, -0.25) is 9.36 Å². The maximum Gasteiger partial charge on any atom is 0.490 e. The van der Waals surface area contributed by atoms with E-state index in [9.17, 15) is 26.7 Å². The lowest BCUT2D eigenvalue weighted by Gasteiger charge is -2.17. The molecule has 0 aliphatic carbocycles. The van der Waals surface area contributed by atoms with Gasteiger partial charge < -0.3 is 14.8 Å². The van der Waals surface area contributed by atoms with Crippen molar-refractivity contribution >= 4 is 21.9 Å². The van der Waals surface area contributed by atoms with Gasteiger partial charge in [-0.05, 0) is 53.5 Å². The molecular weight excluding hydrogens is 581 g/mol. The number of nitrogens with zero attached hydrogens (tertiary/aromatic N) is 2. The molecule has 0 bridgehead atoms. The summed E-state index contributed by atoms with van der Waals surface area (Å²) in [5, 5.41) is 7.12. The smallest absolute Gasteiger partial charge is 0.487 e. The molecule has 7 nitrogen and oxygen atoms in total. The zero-order valence-electron chi connectivity index (χ0n) is 19.7. The molecule has 2 heterocycles. The van der Waals surface area contributed by atoms with Crippen molar-refractivity contribution < 1.29 is 36.6 Å². The van der Waals surface area contributed by atoms with Gasteiger partial charge >= 0.3 is 12.1 Å². The van der Waals surface area contributed by atoms with Crippen LogP contribution in [0.4, 0.5) is 22.0 Å². The van der Waals surface area contributed by atoms with Crippen LogP contribution in [0.3, 0.4) is 0 Å². The molecule has 0 unspecified atom stereocenters. The summed E-state index contributed by atoms with van der Waals surface area (Å²) in [6.07, 6.45) is -1.68. The Morgan fingerprint density at radius 2 is 1.82 bits per heavy atom. The third kappa shape index (κ3) is 6.65. The Labute approximate surface area is 220 Å². The summed E-state index contributed by atoms with van der Waals surface area (Å²) in [7, 11) is 0. The quantitative estimate of drug-likeness (QED) is 0.270. The number of aliphatic carboxylic acids is 1. The number of halogens is 6. The number of rotatable bonds is 5. The molecule has 0 amide bonds. The van der Waals surface area contributed by atoms with Gasteiger partial charge in [0.05, 0.1) is 5.69 Å². The number of H-pyrrole nitrogens is 1. The molecule has 2 aromatic carbocycles. The van der Waals surface area contributed by atoms with Crippen LogP contribution >= 0.6 is 15.9 Å². The molecule has 200 valence electrons. The molecule has 2 N–H and O–H groups in total. The number of ether oxygens (including phenoxy) is 1. The molecule has 13 heteroatoms. The number of aromatic amines is 1. The lowest BCUT2D eigenvalue weighted by molar-refractivity contribution is -0.192. The van der Waals surface area contributed by atoms with Gasteiger partial charge in [-0.2, -0.15) is 13.2 Å². The van der Waals surface area contributed by atoms with E-state index in [-0.39, 0.29) is 28.0 Å². The summed E-state index contributed by atoms with van der Waals surface area (Å²) in [6, 6.07) is 10.7. The van der Waals surface area contributed by atoms with Crippen LogP contribution in [0.2, 0.25) is 0 Å². The third-order valence-corrected chi connectivity index (χ3v) is 5.89. The highest BCUT2D eigenvalue weighted by molar-refractivity contribution is 9.10. The number of carbonyl (C=O) groups is 1. The number of benzene rings is 2. The summed E-state index contributed by atoms with van der Waals surface area (Å²) in [5.41, 5.74) is 3.00. The highest BCUT2D eigenvalue weighted by Crippen LogP contribution is 2.28. The minimum Gasteiger partial charge on any atom is -0.487 e. The largest absolute Gasteiger partial charge is 0.490 e. The number of carboxylic acid groups (broad SMARTS) is 1. The number of hydrogen-bond acceptors (Lipinski definition) is 4. The molecule has 0 radical (unpaired) electrons. The first-order valence-electron chi connectivity index (χ1n) is 10.7. The zero-order chi connectivity index (χ0) is 28.2. The second-order valence-electron chi connectivity index (χ2n) is 7.87. The van der Waals surface area contributed by atoms with Crippen LogP contribution in [0.25, 0.3) is 17.1 Å². The highest BCUT2D eigenvalue weighted by Gasteiger charge is 2.38. The molecule has 0 aliphatic heterocycles. The molecule has 4 aromatic rings. The molecule has 38 heavy (non-hydrogen) atoms. The van der Waals surface area contributed by atoms with E-state index in [1.165, 1.54) is 6.07 Å². The first-order valence-corrected chi connectivity index (χ1v) is 11.5. The first-order chi connectivity index (χ1) is 17.8. The molecule has 2 aromatic heterocycles. The van der Waals surface area contributed by atoms with Crippen LogP contribution in [0.1, 0.15) is 16.8 Å². The number of carboxylic acids is 1. The Morgan fingerprint density at radius 3 is 2.39 bits per heavy atom. The van der Waals surface area contributed by atoms with E-state index < -0.39 is 23.8 Å². The van der Waals surface area contributed by atoms with Crippen molar-refractivity contribution in [3.8, 4) is 22.8 Å². The Kier molecular flexibility index (Phi) is 8.71. The van der Waals surface area contributed by atoms with E-state index in [0.717, 1.165) is 23.3 Å². The van der Waals surface area contributed by atoms with Gasteiger partial charge in [0.1, 0.15) is 34.3 Å². The minimum absolute atomic E-state index is 0.138. The molecule has 0 aliphatic rings. The Morgan fingerprint density at radius 1 is 1.13 bits per heavy atom. The van der Waals surface area contributed by atoms with Crippen LogP contribution in [0.15, 0.2) is 64.1 Å². The fourth-order valence-corrected chi connectivity index (χ4v) is 3.71. The lowest BCUT2D eigenvalue weighted by atomic mass is 10.1. The standard InChI is InChI=1S/C23H18BrF2N3O2.C2HF3O2/c1-13-3-4-15(22-27-7-8-28-22)10-19(13)29-14(2)9-20(21(24)23(29)30)31-12-16-5-6-17(25)11-18(16)26;3-2(4,5)1(6)7/h3-11H,12H2,1-2H3,(H,27,28);(H,6,7). The molecule has 0 atom stereocenters. The Balaban J connectivity index is 0.000000505. The van der Waals surface area contributed by atoms with Gasteiger partial charge in [0.15, 0.2) is 0 Å². The van der Waals surface area contributed by atoms with E-state index in [2.05, 4.69) is 25.9 Å². The van der Waals surface area contributed by atoms with Crippen LogP contribution in [0, 0.1) is 25.5 Å². The second kappa shape index (κ2) is 11.6. The fraction of sp³-hybridized carbons (Fsp3) is 0.160. The average Bonchev–Trinajstić information content (AvgIpc) is 3.37. The number of hydrogen-bond donors (Lipinski definition) is 2. The van der Waals surface area contributed by atoms with Gasteiger partial charge in [0.25, 0.3) is 5.56 Å². The van der Waals surface area contributed by atoms with Gasteiger partial charge in [-0.25, -0.2) is 18.6 Å². The van der Waals surface area contributed by atoms with Gasteiger partial charge in [-0.15, -0.1) is 0 Å². The number of alkyl halides is 3. The SMILES string of the molecule is Cc1ccc(-c2ncc[nH]2)cc1-n1c(C)cc(OCc2ccc(F)cc2F)c(Br)c1=O.O=C(O)C(F)(F)F. The van der Waals surface area contributed by atoms with Crippen molar-refractivity contribution in [1.29, 1.82) is 0 Å². The number of pyridine rings is 1. The van der Waals surface area contributed by atoms with Crippen LogP contribution < -0.4 is 10.3 Å². The van der Waals surface area contributed by atoms with E-state index in [4.69, 9.17) is 14.6 Å². The van der Waals surface area contributed by atoms with Crippen LogP contribution in [-0.4, -0.2) is 31.8 Å². The van der Waals surface area contributed by atoms with E-state index >= 15 is 0 Å². The third-order valence-electron chi connectivity index (χ3n) is 5.16. The predicted octanol–water partition coefficient (Wildman–Crippen LogP) is 6.10. The summed E-state index contributed by atoms with van der Waals surface area (Å²) < 4.78 is 66.2. The monoisotopic (exact) mass is 599 g/mol. The summed E-state index contributed by atoms with van der Waals surface area (Å²) >= 11 is 3.32. The highest BCUT2D eigenvalue weighted by atomic mass is 79.9. The minimum atomic E-state index is -5.08. The number of aryl methyl sites for hydroxylation is 2. The van der Waals surface area contributed by atoms with Gasteiger partial charge in [0, 0.05) is 41.3 Å². The molecule has 0 spiro atoms. The molecule has 0 saturated carbocycles. The maximum absolute atomic E-state index is 13.9. The van der Waals surface area contributed by atoms with Crippen molar-refractivity contribution in [1.82, 2.24) is 14.5 Å². The number of aromatic nitrogens is 3. The molecular formula is C25H19BrF5N3O4. The molecule has 0 saturated heterocycles. The first kappa shape index (κ1) is 28.6. The Bertz CT molecular complexity index is 1520. The predicted molar refractivity (Wildman–Crippen MR) is 131 cm³/mol.